The number of aryl methyl sites for hydroxylation is 1. The van der Waals surface area contributed by atoms with Crippen molar-refractivity contribution in [3.8, 4) is 0 Å². The van der Waals surface area contributed by atoms with Crippen molar-refractivity contribution in [2.24, 2.45) is 13.0 Å². The summed E-state index contributed by atoms with van der Waals surface area (Å²) < 4.78 is 2.00. The number of aliphatic hydroxyl groups is 1. The summed E-state index contributed by atoms with van der Waals surface area (Å²) in [6, 6.07) is 0. The predicted octanol–water partition coefficient (Wildman–Crippen LogP) is 2.68. The molecular formula is C14H24N2O. The van der Waals surface area contributed by atoms with Crippen LogP contribution in [-0.2, 0) is 13.5 Å². The first-order valence-electron chi connectivity index (χ1n) is 6.90. The standard InChI is InChI=1S/C14H24N2O/c1-16-9-8-15-14(16)11-13(17)10-12-6-4-2-3-5-7-12/h8-9,12-13,17H,2-7,10-11H2,1H3. The van der Waals surface area contributed by atoms with Gasteiger partial charge in [-0.2, -0.15) is 0 Å². The predicted molar refractivity (Wildman–Crippen MR) is 68.7 cm³/mol. The number of hydrogen-bond donors (Lipinski definition) is 1. The fraction of sp³-hybridized carbons (Fsp3) is 0.786. The molecule has 0 saturated heterocycles. The zero-order chi connectivity index (χ0) is 12.1. The topological polar surface area (TPSA) is 38.0 Å². The first-order valence-corrected chi connectivity index (χ1v) is 6.90. The SMILES string of the molecule is Cn1ccnc1CC(O)CC1CCCCCC1. The monoisotopic (exact) mass is 236 g/mol. The Morgan fingerprint density at radius 1 is 1.35 bits per heavy atom. The molecule has 1 aromatic heterocycles. The van der Waals surface area contributed by atoms with E-state index >= 15 is 0 Å². The summed E-state index contributed by atoms with van der Waals surface area (Å²) in [7, 11) is 1.99. The Morgan fingerprint density at radius 3 is 2.65 bits per heavy atom. The van der Waals surface area contributed by atoms with Gasteiger partial charge in [-0.1, -0.05) is 38.5 Å². The zero-order valence-corrected chi connectivity index (χ0v) is 10.8. The van der Waals surface area contributed by atoms with Crippen molar-refractivity contribution < 1.29 is 5.11 Å². The van der Waals surface area contributed by atoms with Gasteiger partial charge in [0.05, 0.1) is 6.10 Å². The molecule has 1 aliphatic rings. The molecule has 96 valence electrons. The summed E-state index contributed by atoms with van der Waals surface area (Å²) in [6.07, 6.45) is 13.2. The minimum Gasteiger partial charge on any atom is -0.393 e. The van der Waals surface area contributed by atoms with Crippen LogP contribution in [0.4, 0.5) is 0 Å². The molecule has 0 spiro atoms. The zero-order valence-electron chi connectivity index (χ0n) is 10.8. The molecular weight excluding hydrogens is 212 g/mol. The maximum Gasteiger partial charge on any atom is 0.110 e. The average molecular weight is 236 g/mol. The largest absolute Gasteiger partial charge is 0.393 e. The van der Waals surface area contributed by atoms with Crippen LogP contribution in [0.15, 0.2) is 12.4 Å². The summed E-state index contributed by atoms with van der Waals surface area (Å²) in [5.74, 6) is 1.72. The molecule has 0 aliphatic heterocycles. The summed E-state index contributed by atoms with van der Waals surface area (Å²) >= 11 is 0. The molecule has 1 saturated carbocycles. The fourth-order valence-corrected chi connectivity index (χ4v) is 2.87. The summed E-state index contributed by atoms with van der Waals surface area (Å²) in [6.45, 7) is 0. The molecule has 3 heteroatoms. The van der Waals surface area contributed by atoms with Gasteiger partial charge in [-0.3, -0.25) is 0 Å². The number of hydrogen-bond acceptors (Lipinski definition) is 2. The number of imidazole rings is 1. The van der Waals surface area contributed by atoms with E-state index in [2.05, 4.69) is 4.98 Å². The third-order valence-corrected chi connectivity index (χ3v) is 3.92. The van der Waals surface area contributed by atoms with Crippen molar-refractivity contribution in [1.29, 1.82) is 0 Å². The first-order chi connectivity index (χ1) is 8.25. The van der Waals surface area contributed by atoms with Crippen LogP contribution in [0.5, 0.6) is 0 Å². The molecule has 1 fully saturated rings. The minimum absolute atomic E-state index is 0.223. The Hall–Kier alpha value is -0.830. The van der Waals surface area contributed by atoms with E-state index in [4.69, 9.17) is 0 Å². The number of rotatable bonds is 4. The Bertz CT molecular complexity index is 327. The summed E-state index contributed by atoms with van der Waals surface area (Å²) in [5.41, 5.74) is 0. The molecule has 1 aromatic rings. The van der Waals surface area contributed by atoms with Crippen LogP contribution in [0.2, 0.25) is 0 Å². The van der Waals surface area contributed by atoms with E-state index in [0.29, 0.717) is 6.42 Å². The second kappa shape index (κ2) is 6.20. The molecule has 1 aliphatic carbocycles. The van der Waals surface area contributed by atoms with Gasteiger partial charge < -0.3 is 9.67 Å². The summed E-state index contributed by atoms with van der Waals surface area (Å²) in [5, 5.41) is 10.1. The maximum absolute atomic E-state index is 10.1. The normalized spacial score (nSPS) is 20.1. The second-order valence-electron chi connectivity index (χ2n) is 5.41. The number of aliphatic hydroxyl groups excluding tert-OH is 1. The van der Waals surface area contributed by atoms with Gasteiger partial charge in [0.1, 0.15) is 5.82 Å². The highest BCUT2D eigenvalue weighted by Gasteiger charge is 2.17. The van der Waals surface area contributed by atoms with Crippen LogP contribution in [0.3, 0.4) is 0 Å². The molecule has 0 aromatic carbocycles. The molecule has 0 radical (unpaired) electrons. The van der Waals surface area contributed by atoms with Gasteiger partial charge in [0.25, 0.3) is 0 Å². The lowest BCUT2D eigenvalue weighted by atomic mass is 9.92. The van der Waals surface area contributed by atoms with Gasteiger partial charge in [-0.05, 0) is 12.3 Å². The lowest BCUT2D eigenvalue weighted by Crippen LogP contribution is -2.18. The third-order valence-electron chi connectivity index (χ3n) is 3.92. The van der Waals surface area contributed by atoms with Crippen LogP contribution in [0.25, 0.3) is 0 Å². The van der Waals surface area contributed by atoms with E-state index in [1.807, 2.05) is 17.8 Å². The fourth-order valence-electron chi connectivity index (χ4n) is 2.87. The van der Waals surface area contributed by atoms with Crippen molar-refractivity contribution in [2.75, 3.05) is 0 Å². The first kappa shape index (κ1) is 12.6. The van der Waals surface area contributed by atoms with Gasteiger partial charge in [0.2, 0.25) is 0 Å². The molecule has 0 amide bonds. The van der Waals surface area contributed by atoms with E-state index in [1.54, 1.807) is 6.20 Å². The van der Waals surface area contributed by atoms with Crippen molar-refractivity contribution in [1.82, 2.24) is 9.55 Å². The Morgan fingerprint density at radius 2 is 2.06 bits per heavy atom. The van der Waals surface area contributed by atoms with E-state index < -0.39 is 0 Å². The molecule has 1 N–H and O–H groups in total. The highest BCUT2D eigenvalue weighted by Crippen LogP contribution is 2.27. The van der Waals surface area contributed by atoms with Gasteiger partial charge >= 0.3 is 0 Å². The van der Waals surface area contributed by atoms with E-state index in [9.17, 15) is 5.11 Å². The second-order valence-corrected chi connectivity index (χ2v) is 5.41. The molecule has 1 unspecified atom stereocenters. The quantitative estimate of drug-likeness (QED) is 0.816. The number of nitrogens with zero attached hydrogens (tertiary/aromatic N) is 2. The van der Waals surface area contributed by atoms with Crippen LogP contribution in [0, 0.1) is 5.92 Å². The van der Waals surface area contributed by atoms with E-state index in [1.165, 1.54) is 38.5 Å². The Labute approximate surface area is 104 Å². The third kappa shape index (κ3) is 3.84. The van der Waals surface area contributed by atoms with Crippen LogP contribution in [-0.4, -0.2) is 20.8 Å². The lowest BCUT2D eigenvalue weighted by molar-refractivity contribution is 0.135. The van der Waals surface area contributed by atoms with Gasteiger partial charge in [0, 0.05) is 25.9 Å². The molecule has 1 atom stereocenters. The lowest BCUT2D eigenvalue weighted by Gasteiger charge is -2.18. The van der Waals surface area contributed by atoms with Crippen molar-refractivity contribution in [3.05, 3.63) is 18.2 Å². The van der Waals surface area contributed by atoms with Gasteiger partial charge in [0.15, 0.2) is 0 Å². The molecule has 0 bridgehead atoms. The Kier molecular flexibility index (Phi) is 4.60. The van der Waals surface area contributed by atoms with Crippen LogP contribution < -0.4 is 0 Å². The molecule has 3 nitrogen and oxygen atoms in total. The van der Waals surface area contributed by atoms with Gasteiger partial charge in [-0.25, -0.2) is 4.98 Å². The smallest absolute Gasteiger partial charge is 0.110 e. The number of aromatic nitrogens is 2. The molecule has 17 heavy (non-hydrogen) atoms. The maximum atomic E-state index is 10.1. The minimum atomic E-state index is -0.223. The molecule has 1 heterocycles. The molecule has 2 rings (SSSR count). The van der Waals surface area contributed by atoms with Crippen molar-refractivity contribution >= 4 is 0 Å². The Balaban J connectivity index is 1.80. The summed E-state index contributed by atoms with van der Waals surface area (Å²) in [4.78, 5) is 4.27. The highest BCUT2D eigenvalue weighted by atomic mass is 16.3. The average Bonchev–Trinajstić information content (AvgIpc) is 2.55. The van der Waals surface area contributed by atoms with Crippen LogP contribution >= 0.6 is 0 Å². The van der Waals surface area contributed by atoms with E-state index in [-0.39, 0.29) is 6.10 Å². The van der Waals surface area contributed by atoms with Crippen molar-refractivity contribution in [2.45, 2.75) is 57.5 Å². The van der Waals surface area contributed by atoms with E-state index in [0.717, 1.165) is 18.2 Å². The van der Waals surface area contributed by atoms with Gasteiger partial charge in [-0.15, -0.1) is 0 Å². The highest BCUT2D eigenvalue weighted by molar-refractivity contribution is 4.93. The van der Waals surface area contributed by atoms with Crippen molar-refractivity contribution in [3.63, 3.8) is 0 Å². The van der Waals surface area contributed by atoms with Crippen LogP contribution in [0.1, 0.15) is 50.8 Å².